The third kappa shape index (κ3) is 3.47. The van der Waals surface area contributed by atoms with Crippen LogP contribution in [0.3, 0.4) is 0 Å². The number of likely N-dealkylation sites (tertiary alicyclic amines) is 1. The van der Waals surface area contributed by atoms with E-state index in [0.717, 1.165) is 24.5 Å². The number of nitrogens with two attached hydrogens (primary N) is 1. The largest absolute Gasteiger partial charge is 0.330 e. The van der Waals surface area contributed by atoms with E-state index in [4.69, 9.17) is 17.3 Å². The molecular weight excluding hydrogens is 244 g/mol. The Balaban J connectivity index is 2.06. The molecule has 0 saturated carbocycles. The molecule has 1 unspecified atom stereocenters. The first-order valence-corrected chi connectivity index (χ1v) is 7.27. The van der Waals surface area contributed by atoms with Gasteiger partial charge in [-0.25, -0.2) is 0 Å². The average molecular weight is 267 g/mol. The van der Waals surface area contributed by atoms with Crippen LogP contribution in [0.5, 0.6) is 0 Å². The molecule has 18 heavy (non-hydrogen) atoms. The van der Waals surface area contributed by atoms with E-state index in [0.29, 0.717) is 6.04 Å². The van der Waals surface area contributed by atoms with Crippen LogP contribution in [-0.2, 0) is 6.54 Å². The molecule has 1 aromatic carbocycles. The first kappa shape index (κ1) is 13.9. The smallest absolute Gasteiger partial charge is 0.0408 e. The van der Waals surface area contributed by atoms with Gasteiger partial charge in [0.25, 0.3) is 0 Å². The molecule has 0 amide bonds. The minimum absolute atomic E-state index is 0.666. The van der Waals surface area contributed by atoms with Gasteiger partial charge >= 0.3 is 0 Å². The summed E-state index contributed by atoms with van der Waals surface area (Å²) in [6, 6.07) is 6.87. The SMILES string of the molecule is Cc1cc(Cl)ccc1CN1CCCCC1CCN. The predicted molar refractivity (Wildman–Crippen MR) is 77.9 cm³/mol. The van der Waals surface area contributed by atoms with Gasteiger partial charge in [-0.15, -0.1) is 0 Å². The predicted octanol–water partition coefficient (Wildman–Crippen LogP) is 3.35. The zero-order valence-electron chi connectivity index (χ0n) is 11.2. The van der Waals surface area contributed by atoms with E-state index < -0.39 is 0 Å². The highest BCUT2D eigenvalue weighted by atomic mass is 35.5. The summed E-state index contributed by atoms with van der Waals surface area (Å²) in [6.07, 6.45) is 5.07. The van der Waals surface area contributed by atoms with E-state index >= 15 is 0 Å². The van der Waals surface area contributed by atoms with Crippen LogP contribution in [0.4, 0.5) is 0 Å². The Morgan fingerprint density at radius 2 is 2.22 bits per heavy atom. The topological polar surface area (TPSA) is 29.3 Å². The Kier molecular flexibility index (Phi) is 5.04. The van der Waals surface area contributed by atoms with Crippen molar-refractivity contribution in [3.05, 3.63) is 34.3 Å². The first-order valence-electron chi connectivity index (χ1n) is 6.90. The summed E-state index contributed by atoms with van der Waals surface area (Å²) in [6.45, 7) is 5.17. The molecule has 3 heteroatoms. The fourth-order valence-corrected chi connectivity index (χ4v) is 3.07. The zero-order valence-corrected chi connectivity index (χ0v) is 11.9. The minimum Gasteiger partial charge on any atom is -0.330 e. The molecule has 2 rings (SSSR count). The molecule has 1 fully saturated rings. The molecule has 1 aromatic rings. The summed E-state index contributed by atoms with van der Waals surface area (Å²) in [5, 5.41) is 0.827. The Labute approximate surface area is 115 Å². The Bertz CT molecular complexity index is 390. The lowest BCUT2D eigenvalue weighted by Crippen LogP contribution is -2.40. The Morgan fingerprint density at radius 1 is 1.39 bits per heavy atom. The summed E-state index contributed by atoms with van der Waals surface area (Å²) in [4.78, 5) is 2.59. The van der Waals surface area contributed by atoms with Gasteiger partial charge in [-0.3, -0.25) is 4.90 Å². The van der Waals surface area contributed by atoms with Gasteiger partial charge in [0, 0.05) is 17.6 Å². The van der Waals surface area contributed by atoms with Gasteiger partial charge in [-0.2, -0.15) is 0 Å². The second kappa shape index (κ2) is 6.55. The maximum atomic E-state index is 6.01. The minimum atomic E-state index is 0.666. The van der Waals surface area contributed by atoms with E-state index in [1.54, 1.807) is 0 Å². The molecule has 0 radical (unpaired) electrons. The van der Waals surface area contributed by atoms with Crippen LogP contribution in [0.2, 0.25) is 5.02 Å². The van der Waals surface area contributed by atoms with Crippen molar-refractivity contribution in [2.45, 2.75) is 45.2 Å². The van der Waals surface area contributed by atoms with Crippen molar-refractivity contribution in [2.24, 2.45) is 5.73 Å². The second-order valence-electron chi connectivity index (χ2n) is 5.27. The normalized spacial score (nSPS) is 21.2. The second-order valence-corrected chi connectivity index (χ2v) is 5.70. The van der Waals surface area contributed by atoms with Crippen LogP contribution in [0.1, 0.15) is 36.8 Å². The summed E-state index contributed by atoms with van der Waals surface area (Å²) in [7, 11) is 0. The van der Waals surface area contributed by atoms with Gasteiger partial charge in [-0.05, 0) is 62.5 Å². The standard InChI is InChI=1S/C15H23ClN2/c1-12-10-14(16)6-5-13(12)11-18-9-3-2-4-15(18)7-8-17/h5-6,10,15H,2-4,7-9,11,17H2,1H3. The van der Waals surface area contributed by atoms with Crippen molar-refractivity contribution < 1.29 is 0 Å². The van der Waals surface area contributed by atoms with Gasteiger partial charge in [-0.1, -0.05) is 24.1 Å². The third-order valence-electron chi connectivity index (χ3n) is 3.93. The van der Waals surface area contributed by atoms with Crippen LogP contribution < -0.4 is 5.73 Å². The third-order valence-corrected chi connectivity index (χ3v) is 4.16. The van der Waals surface area contributed by atoms with E-state index in [-0.39, 0.29) is 0 Å². The van der Waals surface area contributed by atoms with E-state index in [1.807, 2.05) is 6.07 Å². The molecule has 1 aliphatic rings. The molecule has 1 aliphatic heterocycles. The number of benzene rings is 1. The van der Waals surface area contributed by atoms with Crippen molar-refractivity contribution in [1.29, 1.82) is 0 Å². The number of halogens is 1. The molecule has 1 atom stereocenters. The maximum Gasteiger partial charge on any atom is 0.0408 e. The highest BCUT2D eigenvalue weighted by Gasteiger charge is 2.21. The number of hydrogen-bond donors (Lipinski definition) is 1. The van der Waals surface area contributed by atoms with Crippen LogP contribution >= 0.6 is 11.6 Å². The van der Waals surface area contributed by atoms with Gasteiger partial charge in [0.1, 0.15) is 0 Å². The summed E-state index contributed by atoms with van der Waals surface area (Å²) in [5.41, 5.74) is 8.40. The zero-order chi connectivity index (χ0) is 13.0. The number of hydrogen-bond acceptors (Lipinski definition) is 2. The van der Waals surface area contributed by atoms with Crippen LogP contribution in [-0.4, -0.2) is 24.0 Å². The molecule has 0 aliphatic carbocycles. The molecule has 0 bridgehead atoms. The van der Waals surface area contributed by atoms with E-state index in [1.165, 1.54) is 36.9 Å². The highest BCUT2D eigenvalue weighted by molar-refractivity contribution is 6.30. The number of nitrogens with zero attached hydrogens (tertiary/aromatic N) is 1. The van der Waals surface area contributed by atoms with Crippen molar-refractivity contribution in [3.8, 4) is 0 Å². The van der Waals surface area contributed by atoms with Crippen molar-refractivity contribution in [3.63, 3.8) is 0 Å². The quantitative estimate of drug-likeness (QED) is 0.906. The van der Waals surface area contributed by atoms with Crippen LogP contribution in [0.25, 0.3) is 0 Å². The van der Waals surface area contributed by atoms with Gasteiger partial charge in [0.05, 0.1) is 0 Å². The first-order chi connectivity index (χ1) is 8.70. The van der Waals surface area contributed by atoms with Gasteiger partial charge in [0.15, 0.2) is 0 Å². The molecular formula is C15H23ClN2. The summed E-state index contributed by atoms with van der Waals surface area (Å²) in [5.74, 6) is 0. The van der Waals surface area contributed by atoms with Gasteiger partial charge in [0.2, 0.25) is 0 Å². The number of piperidine rings is 1. The molecule has 2 N–H and O–H groups in total. The summed E-state index contributed by atoms with van der Waals surface area (Å²) < 4.78 is 0. The molecule has 100 valence electrons. The molecule has 0 aromatic heterocycles. The lowest BCUT2D eigenvalue weighted by molar-refractivity contribution is 0.134. The lowest BCUT2D eigenvalue weighted by Gasteiger charge is -2.36. The monoisotopic (exact) mass is 266 g/mol. The molecule has 2 nitrogen and oxygen atoms in total. The Morgan fingerprint density at radius 3 is 2.94 bits per heavy atom. The van der Waals surface area contributed by atoms with E-state index in [9.17, 15) is 0 Å². The molecule has 0 spiro atoms. The highest BCUT2D eigenvalue weighted by Crippen LogP contribution is 2.23. The molecule has 1 saturated heterocycles. The van der Waals surface area contributed by atoms with Gasteiger partial charge < -0.3 is 5.73 Å². The maximum absolute atomic E-state index is 6.01. The van der Waals surface area contributed by atoms with Crippen molar-refractivity contribution in [1.82, 2.24) is 4.90 Å². The van der Waals surface area contributed by atoms with Crippen molar-refractivity contribution in [2.75, 3.05) is 13.1 Å². The number of aryl methyl sites for hydroxylation is 1. The fraction of sp³-hybridized carbons (Fsp3) is 0.600. The lowest BCUT2D eigenvalue weighted by atomic mass is 9.98. The van der Waals surface area contributed by atoms with E-state index in [2.05, 4.69) is 24.0 Å². The number of rotatable bonds is 4. The fourth-order valence-electron chi connectivity index (χ4n) is 2.84. The van der Waals surface area contributed by atoms with Crippen LogP contribution in [0.15, 0.2) is 18.2 Å². The van der Waals surface area contributed by atoms with Crippen molar-refractivity contribution >= 4 is 11.6 Å². The Hall–Kier alpha value is -0.570. The van der Waals surface area contributed by atoms with Crippen LogP contribution in [0, 0.1) is 6.92 Å². The molecule has 1 heterocycles. The summed E-state index contributed by atoms with van der Waals surface area (Å²) >= 11 is 6.01. The average Bonchev–Trinajstić information content (AvgIpc) is 2.35.